The minimum atomic E-state index is -0.576. The fourth-order valence-electron chi connectivity index (χ4n) is 2.67. The maximum atomic E-state index is 11.6. The first kappa shape index (κ1) is 11.5. The molecule has 1 amide bonds. The Hall–Kier alpha value is -1.55. The molecule has 0 bridgehead atoms. The van der Waals surface area contributed by atoms with Gasteiger partial charge in [-0.25, -0.2) is 0 Å². The number of hydrogen-bond acceptors (Lipinski definition) is 3. The number of carbonyl (C=O) groups excluding carboxylic acids is 2. The van der Waals surface area contributed by atoms with E-state index in [4.69, 9.17) is 11.6 Å². The van der Waals surface area contributed by atoms with Gasteiger partial charge in [-0.3, -0.25) is 9.59 Å². The number of nitrogens with zero attached hydrogens (tertiary/aromatic N) is 1. The molecule has 1 N–H and O–H groups in total. The van der Waals surface area contributed by atoms with Crippen molar-refractivity contribution >= 4 is 34.7 Å². The summed E-state index contributed by atoms with van der Waals surface area (Å²) in [4.78, 5) is 25.1. The lowest BCUT2D eigenvalue weighted by molar-refractivity contribution is -0.112. The van der Waals surface area contributed by atoms with Gasteiger partial charge in [-0.2, -0.15) is 0 Å². The molecule has 0 aromatic heterocycles. The smallest absolute Gasteiger partial charge is 0.296 e. The van der Waals surface area contributed by atoms with E-state index < -0.39 is 11.7 Å². The van der Waals surface area contributed by atoms with Gasteiger partial charge in [-0.1, -0.05) is 11.6 Å². The molecule has 2 aliphatic rings. The molecule has 2 aliphatic heterocycles. The Labute approximate surface area is 110 Å². The number of benzene rings is 1. The van der Waals surface area contributed by atoms with Gasteiger partial charge in [0, 0.05) is 12.6 Å². The quantitative estimate of drug-likeness (QED) is 0.793. The van der Waals surface area contributed by atoms with Gasteiger partial charge in [0.2, 0.25) is 0 Å². The van der Waals surface area contributed by atoms with Gasteiger partial charge in [-0.05, 0) is 31.9 Å². The summed E-state index contributed by atoms with van der Waals surface area (Å²) in [6.45, 7) is 3.11. The molecule has 1 aromatic rings. The third kappa shape index (κ3) is 1.60. The van der Waals surface area contributed by atoms with E-state index in [0.29, 0.717) is 22.3 Å². The van der Waals surface area contributed by atoms with Crippen LogP contribution in [-0.2, 0) is 4.79 Å². The molecule has 94 valence electrons. The second kappa shape index (κ2) is 3.99. The Bertz CT molecular complexity index is 556. The van der Waals surface area contributed by atoms with Crippen LogP contribution in [0.15, 0.2) is 12.1 Å². The highest BCUT2D eigenvalue weighted by Crippen LogP contribution is 2.37. The van der Waals surface area contributed by atoms with Crippen molar-refractivity contribution in [1.29, 1.82) is 0 Å². The lowest BCUT2D eigenvalue weighted by Gasteiger charge is -2.25. The predicted octanol–water partition coefficient (Wildman–Crippen LogP) is 2.46. The summed E-state index contributed by atoms with van der Waals surface area (Å²) in [5.41, 5.74) is 1.85. The van der Waals surface area contributed by atoms with Crippen molar-refractivity contribution < 1.29 is 9.59 Å². The van der Waals surface area contributed by atoms with Crippen molar-refractivity contribution in [2.24, 2.45) is 0 Å². The zero-order valence-electron chi connectivity index (χ0n) is 10.00. The third-order valence-electron chi connectivity index (χ3n) is 3.65. The van der Waals surface area contributed by atoms with Crippen molar-refractivity contribution in [3.05, 3.63) is 22.7 Å². The number of hydrogen-bond donors (Lipinski definition) is 1. The van der Waals surface area contributed by atoms with E-state index >= 15 is 0 Å². The van der Waals surface area contributed by atoms with Gasteiger partial charge in [0.05, 0.1) is 22.0 Å². The summed E-state index contributed by atoms with van der Waals surface area (Å²) < 4.78 is 0. The van der Waals surface area contributed by atoms with Gasteiger partial charge >= 0.3 is 0 Å². The Morgan fingerprint density at radius 2 is 2.17 bits per heavy atom. The number of Topliss-reactive ketones (excluding diaryl/α,β-unsaturated/α-hetero) is 1. The highest BCUT2D eigenvalue weighted by atomic mass is 35.5. The van der Waals surface area contributed by atoms with E-state index in [1.807, 2.05) is 6.07 Å². The first-order chi connectivity index (χ1) is 8.58. The van der Waals surface area contributed by atoms with Gasteiger partial charge < -0.3 is 10.2 Å². The predicted molar refractivity (Wildman–Crippen MR) is 70.5 cm³/mol. The number of halogens is 1. The Kier molecular flexibility index (Phi) is 2.55. The monoisotopic (exact) mass is 264 g/mol. The van der Waals surface area contributed by atoms with E-state index in [1.165, 1.54) is 0 Å². The van der Waals surface area contributed by atoms with E-state index in [-0.39, 0.29) is 0 Å². The summed E-state index contributed by atoms with van der Waals surface area (Å²) in [6, 6.07) is 3.84. The number of anilines is 2. The molecule has 1 atom stereocenters. The van der Waals surface area contributed by atoms with E-state index in [2.05, 4.69) is 17.1 Å². The molecule has 1 saturated heterocycles. The van der Waals surface area contributed by atoms with E-state index in [9.17, 15) is 9.59 Å². The van der Waals surface area contributed by atoms with Gasteiger partial charge in [-0.15, -0.1) is 0 Å². The SMILES string of the molecule is CC1CCCN1c1cc2c(cc1Cl)C(=O)C(=O)N2. The minimum absolute atomic E-state index is 0.376. The number of ketones is 1. The topological polar surface area (TPSA) is 49.4 Å². The molecule has 1 aromatic carbocycles. The molecule has 5 heteroatoms. The summed E-state index contributed by atoms with van der Waals surface area (Å²) in [5.74, 6) is -1.08. The number of carbonyl (C=O) groups is 2. The maximum absolute atomic E-state index is 11.6. The number of rotatable bonds is 1. The molecule has 2 heterocycles. The summed E-state index contributed by atoms with van der Waals surface area (Å²) in [6.07, 6.45) is 2.28. The molecule has 4 nitrogen and oxygen atoms in total. The summed E-state index contributed by atoms with van der Waals surface area (Å²) in [5, 5.41) is 3.11. The van der Waals surface area contributed by atoms with Crippen LogP contribution in [0.3, 0.4) is 0 Å². The van der Waals surface area contributed by atoms with Gasteiger partial charge in [0.15, 0.2) is 0 Å². The summed E-state index contributed by atoms with van der Waals surface area (Å²) >= 11 is 6.23. The molecule has 1 fully saturated rings. The number of fused-ring (bicyclic) bond motifs is 1. The van der Waals surface area contributed by atoms with E-state index in [0.717, 1.165) is 25.1 Å². The zero-order valence-corrected chi connectivity index (χ0v) is 10.8. The van der Waals surface area contributed by atoms with Gasteiger partial charge in [0.1, 0.15) is 0 Å². The first-order valence-electron chi connectivity index (χ1n) is 6.04. The molecule has 18 heavy (non-hydrogen) atoms. The average molecular weight is 265 g/mol. The fraction of sp³-hybridized carbons (Fsp3) is 0.385. The van der Waals surface area contributed by atoms with Crippen molar-refractivity contribution in [3.63, 3.8) is 0 Å². The summed E-state index contributed by atoms with van der Waals surface area (Å²) in [7, 11) is 0. The third-order valence-corrected chi connectivity index (χ3v) is 3.95. The lowest BCUT2D eigenvalue weighted by atomic mass is 10.1. The second-order valence-corrected chi connectivity index (χ2v) is 5.22. The maximum Gasteiger partial charge on any atom is 0.296 e. The van der Waals surface area contributed by atoms with Crippen LogP contribution in [0, 0.1) is 0 Å². The normalized spacial score (nSPS) is 22.3. The number of amides is 1. The van der Waals surface area contributed by atoms with Crippen LogP contribution < -0.4 is 10.2 Å². The average Bonchev–Trinajstić information content (AvgIpc) is 2.86. The largest absolute Gasteiger partial charge is 0.368 e. The molecular formula is C13H13ClN2O2. The first-order valence-corrected chi connectivity index (χ1v) is 6.41. The van der Waals surface area contributed by atoms with Crippen LogP contribution in [0.1, 0.15) is 30.1 Å². The highest BCUT2D eigenvalue weighted by molar-refractivity contribution is 6.52. The highest BCUT2D eigenvalue weighted by Gasteiger charge is 2.31. The Balaban J connectivity index is 2.06. The van der Waals surface area contributed by atoms with Crippen LogP contribution in [0.2, 0.25) is 5.02 Å². The van der Waals surface area contributed by atoms with Crippen LogP contribution in [0.4, 0.5) is 11.4 Å². The van der Waals surface area contributed by atoms with Crippen LogP contribution in [0.5, 0.6) is 0 Å². The van der Waals surface area contributed by atoms with Crippen LogP contribution >= 0.6 is 11.6 Å². The Morgan fingerprint density at radius 1 is 1.39 bits per heavy atom. The molecule has 1 unspecified atom stereocenters. The molecule has 3 rings (SSSR count). The van der Waals surface area contributed by atoms with Crippen molar-refractivity contribution in [1.82, 2.24) is 0 Å². The molecule has 0 spiro atoms. The standard InChI is InChI=1S/C13H13ClN2O2/c1-7-3-2-4-16(7)11-6-10-8(5-9(11)14)12(17)13(18)15-10/h5-7H,2-4H2,1H3,(H,15,17,18). The molecule has 0 radical (unpaired) electrons. The lowest BCUT2D eigenvalue weighted by Crippen LogP contribution is -2.26. The Morgan fingerprint density at radius 3 is 2.83 bits per heavy atom. The van der Waals surface area contributed by atoms with Crippen molar-refractivity contribution in [2.75, 3.05) is 16.8 Å². The molecular weight excluding hydrogens is 252 g/mol. The van der Waals surface area contributed by atoms with Gasteiger partial charge in [0.25, 0.3) is 11.7 Å². The zero-order chi connectivity index (χ0) is 12.9. The molecule has 0 saturated carbocycles. The fourth-order valence-corrected chi connectivity index (χ4v) is 2.94. The van der Waals surface area contributed by atoms with E-state index in [1.54, 1.807) is 6.07 Å². The van der Waals surface area contributed by atoms with Crippen molar-refractivity contribution in [2.45, 2.75) is 25.8 Å². The molecule has 0 aliphatic carbocycles. The van der Waals surface area contributed by atoms with Crippen LogP contribution in [-0.4, -0.2) is 24.3 Å². The van der Waals surface area contributed by atoms with Crippen LogP contribution in [0.25, 0.3) is 0 Å². The number of nitrogens with one attached hydrogen (secondary N) is 1. The minimum Gasteiger partial charge on any atom is -0.368 e. The van der Waals surface area contributed by atoms with Crippen molar-refractivity contribution in [3.8, 4) is 0 Å². The second-order valence-electron chi connectivity index (χ2n) is 4.82.